The number of hydrogen-bond donors (Lipinski definition) is 2. The molecule has 1 saturated heterocycles. The van der Waals surface area contributed by atoms with Gasteiger partial charge in [-0.1, -0.05) is 60.7 Å². The molecule has 3 aliphatic rings. The minimum atomic E-state index is -1.12. The third kappa shape index (κ3) is 2.93. The first-order chi connectivity index (χ1) is 14.5. The van der Waals surface area contributed by atoms with Crippen LogP contribution in [0.3, 0.4) is 0 Å². The molecule has 2 N–H and O–H groups in total. The maximum Gasteiger partial charge on any atom is 0.352 e. The van der Waals surface area contributed by atoms with Crippen molar-refractivity contribution in [2.75, 3.05) is 0 Å². The van der Waals surface area contributed by atoms with E-state index in [1.807, 2.05) is 66.7 Å². The Hall–Kier alpha value is -3.32. The molecule has 0 aromatic heterocycles. The Labute approximate surface area is 177 Å². The lowest BCUT2D eigenvalue weighted by Crippen LogP contribution is -2.71. The highest BCUT2D eigenvalue weighted by Crippen LogP contribution is 2.53. The van der Waals surface area contributed by atoms with E-state index in [0.29, 0.717) is 5.57 Å². The summed E-state index contributed by atoms with van der Waals surface area (Å²) in [4.78, 5) is 38.4. The summed E-state index contributed by atoms with van der Waals surface area (Å²) >= 11 is 1.52. The van der Waals surface area contributed by atoms with Gasteiger partial charge in [-0.25, -0.2) is 4.79 Å². The number of carbonyl (C=O) groups is 3. The number of aliphatic carboxylic acids is 1. The van der Waals surface area contributed by atoms with E-state index in [-0.39, 0.29) is 29.2 Å². The van der Waals surface area contributed by atoms with Gasteiger partial charge in [0, 0.05) is 5.57 Å². The number of amides is 2. The van der Waals surface area contributed by atoms with Crippen molar-refractivity contribution >= 4 is 35.1 Å². The molecule has 2 aromatic carbocycles. The number of fused-ring (bicyclic) bond motifs is 2. The number of benzene rings is 2. The second kappa shape index (κ2) is 7.18. The van der Waals surface area contributed by atoms with Crippen LogP contribution >= 0.6 is 11.8 Å². The first kappa shape index (κ1) is 18.7. The van der Waals surface area contributed by atoms with Crippen molar-refractivity contribution < 1.29 is 19.5 Å². The first-order valence-corrected chi connectivity index (χ1v) is 10.5. The topological polar surface area (TPSA) is 86.7 Å². The van der Waals surface area contributed by atoms with E-state index in [4.69, 9.17) is 0 Å². The predicted molar refractivity (Wildman–Crippen MR) is 113 cm³/mol. The molecule has 6 nitrogen and oxygen atoms in total. The van der Waals surface area contributed by atoms with Crippen LogP contribution in [0.15, 0.2) is 78.0 Å². The molecule has 5 rings (SSSR count). The summed E-state index contributed by atoms with van der Waals surface area (Å²) in [5.74, 6) is -1.75. The molecule has 2 aromatic rings. The third-order valence-corrected chi connectivity index (χ3v) is 7.08. The van der Waals surface area contributed by atoms with Gasteiger partial charge in [-0.05, 0) is 22.8 Å². The molecule has 3 unspecified atom stereocenters. The summed E-state index contributed by atoms with van der Waals surface area (Å²) in [6.45, 7) is 0. The molecular weight excluding hydrogens is 400 g/mol. The van der Waals surface area contributed by atoms with Gasteiger partial charge in [-0.2, -0.15) is 0 Å². The fourth-order valence-corrected chi connectivity index (χ4v) is 5.71. The summed E-state index contributed by atoms with van der Waals surface area (Å²) < 4.78 is 0. The molecule has 30 heavy (non-hydrogen) atoms. The second-order valence-corrected chi connectivity index (χ2v) is 8.62. The minimum absolute atomic E-state index is 0.0296. The number of hydrogen-bond acceptors (Lipinski definition) is 4. The minimum Gasteiger partial charge on any atom is -0.477 e. The lowest BCUT2D eigenvalue weighted by Gasteiger charge is -2.53. The van der Waals surface area contributed by atoms with Crippen molar-refractivity contribution in [3.8, 4) is 0 Å². The highest BCUT2D eigenvalue weighted by Gasteiger charge is 2.57. The van der Waals surface area contributed by atoms with E-state index in [9.17, 15) is 19.5 Å². The van der Waals surface area contributed by atoms with Crippen molar-refractivity contribution in [1.29, 1.82) is 0 Å². The molecule has 1 aliphatic carbocycles. The largest absolute Gasteiger partial charge is 0.477 e. The number of carbonyl (C=O) groups excluding carboxylic acids is 2. The highest BCUT2D eigenvalue weighted by molar-refractivity contribution is 8.01. The van der Waals surface area contributed by atoms with Crippen molar-refractivity contribution in [1.82, 2.24) is 10.2 Å². The number of thioether (sulfide) groups is 1. The molecule has 7 heteroatoms. The van der Waals surface area contributed by atoms with E-state index < -0.39 is 17.4 Å². The lowest BCUT2D eigenvalue weighted by molar-refractivity contribution is -0.150. The van der Waals surface area contributed by atoms with Crippen LogP contribution in [0.2, 0.25) is 0 Å². The zero-order valence-electron chi connectivity index (χ0n) is 15.8. The number of allylic oxidation sites excluding steroid dienone is 1. The molecule has 150 valence electrons. The lowest BCUT2D eigenvalue weighted by atomic mass is 9.84. The van der Waals surface area contributed by atoms with Gasteiger partial charge in [0.25, 0.3) is 5.91 Å². The van der Waals surface area contributed by atoms with Gasteiger partial charge in [-0.15, -0.1) is 11.8 Å². The summed E-state index contributed by atoms with van der Waals surface area (Å²) in [7, 11) is 0. The Morgan fingerprint density at radius 1 is 1.03 bits per heavy atom. The average molecular weight is 418 g/mol. The van der Waals surface area contributed by atoms with Crippen LogP contribution in [0, 0.1) is 0 Å². The number of carboxylic acids is 1. The second-order valence-electron chi connectivity index (χ2n) is 7.40. The SMILES string of the molecule is O=C(Cc1ccccc1)NC1C(=O)N2C(C(=O)O)=C3C=C(c4ccccc4)C3SC12. The van der Waals surface area contributed by atoms with Crippen molar-refractivity contribution in [3.63, 3.8) is 0 Å². The van der Waals surface area contributed by atoms with Crippen LogP contribution in [0.5, 0.6) is 0 Å². The zero-order chi connectivity index (χ0) is 20.8. The summed E-state index contributed by atoms with van der Waals surface area (Å²) in [5.41, 5.74) is 3.62. The molecule has 1 fully saturated rings. The zero-order valence-corrected chi connectivity index (χ0v) is 16.6. The van der Waals surface area contributed by atoms with Gasteiger partial charge in [0.15, 0.2) is 0 Å². The van der Waals surface area contributed by atoms with Gasteiger partial charge in [-0.3, -0.25) is 14.5 Å². The summed E-state index contributed by atoms with van der Waals surface area (Å²) in [6.07, 6.45) is 2.02. The van der Waals surface area contributed by atoms with Crippen molar-refractivity contribution in [2.45, 2.75) is 23.1 Å². The van der Waals surface area contributed by atoms with E-state index in [2.05, 4.69) is 5.32 Å². The smallest absolute Gasteiger partial charge is 0.352 e. The van der Waals surface area contributed by atoms with Gasteiger partial charge < -0.3 is 10.4 Å². The highest BCUT2D eigenvalue weighted by atomic mass is 32.2. The third-order valence-electron chi connectivity index (χ3n) is 5.54. The molecule has 0 radical (unpaired) electrons. The van der Waals surface area contributed by atoms with E-state index in [0.717, 1.165) is 16.7 Å². The van der Waals surface area contributed by atoms with Crippen molar-refractivity contribution in [2.24, 2.45) is 0 Å². The van der Waals surface area contributed by atoms with Crippen molar-refractivity contribution in [3.05, 3.63) is 89.1 Å². The Morgan fingerprint density at radius 2 is 1.70 bits per heavy atom. The fraction of sp³-hybridized carbons (Fsp3) is 0.174. The number of β-lactam (4-membered cyclic amide) rings is 1. The summed E-state index contributed by atoms with van der Waals surface area (Å²) in [5, 5.41) is 12.0. The van der Waals surface area contributed by atoms with E-state index >= 15 is 0 Å². The van der Waals surface area contributed by atoms with Gasteiger partial charge >= 0.3 is 5.97 Å². The van der Waals surface area contributed by atoms with Gasteiger partial charge in [0.1, 0.15) is 17.1 Å². The number of nitrogens with one attached hydrogen (secondary N) is 1. The first-order valence-electron chi connectivity index (χ1n) is 9.61. The Balaban J connectivity index is 1.37. The van der Waals surface area contributed by atoms with Crippen LogP contribution in [0.4, 0.5) is 0 Å². The molecule has 0 bridgehead atoms. The molecular formula is C23H18N2O4S. The Morgan fingerprint density at radius 3 is 2.37 bits per heavy atom. The van der Waals surface area contributed by atoms with E-state index in [1.54, 1.807) is 0 Å². The van der Waals surface area contributed by atoms with Crippen LogP contribution in [0.25, 0.3) is 5.57 Å². The quantitative estimate of drug-likeness (QED) is 0.729. The molecule has 3 atom stereocenters. The standard InChI is InChI=1S/C23H18N2O4S/c26-17(11-13-7-3-1-4-8-13)24-18-21(27)25-19(23(28)29)16-12-15(20(16)30-22(18)25)14-9-5-2-6-10-14/h1-10,12,18,20,22H,11H2,(H,24,26)(H,28,29). The van der Waals surface area contributed by atoms with Gasteiger partial charge in [0.2, 0.25) is 5.91 Å². The molecule has 0 spiro atoms. The normalized spacial score (nSPS) is 24.1. The Bertz CT molecular complexity index is 1110. The summed E-state index contributed by atoms with van der Waals surface area (Å²) in [6, 6.07) is 18.4. The molecule has 0 saturated carbocycles. The molecule has 2 aliphatic heterocycles. The number of rotatable bonds is 5. The molecule has 2 amide bonds. The van der Waals surface area contributed by atoms with Crippen LogP contribution in [-0.4, -0.2) is 44.5 Å². The number of nitrogens with zero attached hydrogens (tertiary/aromatic N) is 1. The van der Waals surface area contributed by atoms with Crippen LogP contribution < -0.4 is 5.32 Å². The van der Waals surface area contributed by atoms with E-state index in [1.165, 1.54) is 16.7 Å². The predicted octanol–water partition coefficient (Wildman–Crippen LogP) is 2.43. The average Bonchev–Trinajstić information content (AvgIpc) is 2.73. The maximum absolute atomic E-state index is 12.7. The number of carboxylic acid groups (broad SMARTS) is 1. The fourth-order valence-electron chi connectivity index (χ4n) is 4.08. The van der Waals surface area contributed by atoms with Crippen LogP contribution in [-0.2, 0) is 20.8 Å². The molecule has 2 heterocycles. The van der Waals surface area contributed by atoms with Gasteiger partial charge in [0.05, 0.1) is 11.7 Å². The maximum atomic E-state index is 12.7. The monoisotopic (exact) mass is 418 g/mol. The Kier molecular flexibility index (Phi) is 4.47. The van der Waals surface area contributed by atoms with Crippen LogP contribution in [0.1, 0.15) is 11.1 Å².